The van der Waals surface area contributed by atoms with Gasteiger partial charge in [-0.05, 0) is 62.2 Å². The second kappa shape index (κ2) is 10.1. The van der Waals surface area contributed by atoms with E-state index in [0.29, 0.717) is 30.6 Å². The second-order valence-corrected chi connectivity index (χ2v) is 10.8. The van der Waals surface area contributed by atoms with E-state index in [9.17, 15) is 29.7 Å². The van der Waals surface area contributed by atoms with Crippen molar-refractivity contribution < 1.29 is 39.2 Å². The third-order valence-corrected chi connectivity index (χ3v) is 8.69. The summed E-state index contributed by atoms with van der Waals surface area (Å²) in [4.78, 5) is 38.9. The third kappa shape index (κ3) is 4.59. The van der Waals surface area contributed by atoms with Crippen LogP contribution in [0.1, 0.15) is 60.5 Å². The van der Waals surface area contributed by atoms with E-state index in [2.05, 4.69) is 4.90 Å². The molecule has 1 aliphatic heterocycles. The Morgan fingerprint density at radius 1 is 1.10 bits per heavy atom. The van der Waals surface area contributed by atoms with Gasteiger partial charge in [-0.25, -0.2) is 4.79 Å². The summed E-state index contributed by atoms with van der Waals surface area (Å²) in [5.74, 6) is -2.17. The zero-order chi connectivity index (χ0) is 27.9. The highest BCUT2D eigenvalue weighted by molar-refractivity contribution is 5.82. The van der Waals surface area contributed by atoms with E-state index in [1.807, 2.05) is 20.0 Å². The fourth-order valence-electron chi connectivity index (χ4n) is 6.75. The van der Waals surface area contributed by atoms with E-state index < -0.39 is 35.0 Å². The van der Waals surface area contributed by atoms with Crippen molar-refractivity contribution in [2.75, 3.05) is 13.6 Å². The maximum atomic E-state index is 12.7. The number of ether oxygens (including phenoxy) is 2. The zero-order valence-electron chi connectivity index (χ0n) is 22.1. The quantitative estimate of drug-likeness (QED) is 0.457. The van der Waals surface area contributed by atoms with Gasteiger partial charge in [0.1, 0.15) is 11.5 Å². The van der Waals surface area contributed by atoms with Crippen LogP contribution in [0.15, 0.2) is 54.3 Å². The molecule has 2 aliphatic carbocycles. The van der Waals surface area contributed by atoms with Crippen molar-refractivity contribution >= 4 is 17.9 Å². The third-order valence-electron chi connectivity index (χ3n) is 8.69. The predicted molar refractivity (Wildman–Crippen MR) is 140 cm³/mol. The Hall–Kier alpha value is -3.69. The summed E-state index contributed by atoms with van der Waals surface area (Å²) in [6.45, 7) is 2.61. The van der Waals surface area contributed by atoms with E-state index in [4.69, 9.17) is 9.47 Å². The SMILES string of the molecule is Cc1c(O)ccc2c1[C@]13CCN(C)[C@H](C2)[C@]1(O)CC=C(OC(=O)CCC(=O)O[C@H](C(=O)O)c1ccccc1)C3. The number of benzene rings is 2. The Labute approximate surface area is 226 Å². The van der Waals surface area contributed by atoms with Gasteiger partial charge in [0.15, 0.2) is 0 Å². The second-order valence-electron chi connectivity index (χ2n) is 10.8. The van der Waals surface area contributed by atoms with E-state index in [1.54, 1.807) is 42.5 Å². The van der Waals surface area contributed by atoms with Gasteiger partial charge in [0, 0.05) is 29.9 Å². The number of rotatable bonds is 7. The molecule has 0 aromatic heterocycles. The molecule has 5 rings (SSSR count). The molecule has 4 atom stereocenters. The van der Waals surface area contributed by atoms with Gasteiger partial charge in [0.2, 0.25) is 6.10 Å². The Bertz CT molecular complexity index is 1340. The first kappa shape index (κ1) is 26.9. The molecule has 2 aromatic carbocycles. The van der Waals surface area contributed by atoms with Gasteiger partial charge < -0.3 is 29.7 Å². The average Bonchev–Trinajstić information content (AvgIpc) is 2.90. The first-order chi connectivity index (χ1) is 18.6. The number of hydrogen-bond acceptors (Lipinski definition) is 8. The van der Waals surface area contributed by atoms with Crippen LogP contribution in [0.4, 0.5) is 0 Å². The van der Waals surface area contributed by atoms with Crippen LogP contribution in [0.3, 0.4) is 0 Å². The number of likely N-dealkylation sites (N-methyl/N-ethyl adjacent to an activating group) is 1. The number of phenolic OH excluding ortho intramolecular Hbond substituents is 1. The van der Waals surface area contributed by atoms with Gasteiger partial charge in [0.25, 0.3) is 0 Å². The number of hydrogen-bond donors (Lipinski definition) is 3. The molecule has 1 saturated heterocycles. The molecule has 0 unspecified atom stereocenters. The smallest absolute Gasteiger partial charge is 0.349 e. The number of allylic oxidation sites excluding steroid dienone is 1. The number of carbonyl (C=O) groups excluding carboxylic acids is 2. The van der Waals surface area contributed by atoms with Crippen LogP contribution in [-0.2, 0) is 35.7 Å². The molecular weight excluding hydrogens is 502 g/mol. The molecule has 1 heterocycles. The molecule has 9 heteroatoms. The minimum atomic E-state index is -1.46. The molecule has 0 spiro atoms. The summed E-state index contributed by atoms with van der Waals surface area (Å²) >= 11 is 0. The molecule has 0 amide bonds. The topological polar surface area (TPSA) is 134 Å². The molecule has 2 bridgehead atoms. The number of likely N-dealkylation sites (tertiary alicyclic amines) is 1. The first-order valence-corrected chi connectivity index (χ1v) is 13.2. The number of carbonyl (C=O) groups is 3. The minimum Gasteiger partial charge on any atom is -0.508 e. The summed E-state index contributed by atoms with van der Waals surface area (Å²) < 4.78 is 10.8. The van der Waals surface area contributed by atoms with Gasteiger partial charge in [-0.15, -0.1) is 0 Å². The number of carboxylic acids is 1. The highest BCUT2D eigenvalue weighted by Gasteiger charge is 2.64. The number of aliphatic hydroxyl groups is 1. The van der Waals surface area contributed by atoms with Crippen LogP contribution < -0.4 is 0 Å². The maximum Gasteiger partial charge on any atom is 0.349 e. The number of aliphatic carboxylic acids is 1. The van der Waals surface area contributed by atoms with Crippen LogP contribution in [0.25, 0.3) is 0 Å². The highest BCUT2D eigenvalue weighted by Crippen LogP contribution is 2.59. The number of piperidine rings is 1. The van der Waals surface area contributed by atoms with Crippen molar-refractivity contribution in [2.24, 2.45) is 0 Å². The molecule has 0 saturated carbocycles. The summed E-state index contributed by atoms with van der Waals surface area (Å²) in [5, 5.41) is 32.1. The zero-order valence-corrected chi connectivity index (χ0v) is 22.1. The minimum absolute atomic E-state index is 0.113. The number of aromatic hydroxyl groups is 1. The molecule has 1 fully saturated rings. The number of esters is 2. The van der Waals surface area contributed by atoms with Crippen molar-refractivity contribution in [1.82, 2.24) is 4.90 Å². The average molecular weight is 536 g/mol. The number of phenols is 1. The lowest BCUT2D eigenvalue weighted by Crippen LogP contribution is -2.71. The van der Waals surface area contributed by atoms with Gasteiger partial charge >= 0.3 is 17.9 Å². The fourth-order valence-corrected chi connectivity index (χ4v) is 6.75. The van der Waals surface area contributed by atoms with E-state index in [-0.39, 0.29) is 31.1 Å². The maximum absolute atomic E-state index is 12.7. The lowest BCUT2D eigenvalue weighted by Gasteiger charge is -2.62. The molecular formula is C30H33NO8. The number of fused-ring (bicyclic) bond motifs is 1. The Kier molecular flexibility index (Phi) is 6.99. The Morgan fingerprint density at radius 3 is 2.54 bits per heavy atom. The monoisotopic (exact) mass is 535 g/mol. The molecule has 2 aromatic rings. The molecule has 3 aliphatic rings. The van der Waals surface area contributed by atoms with Crippen molar-refractivity contribution in [3.63, 3.8) is 0 Å². The number of carboxylic acid groups (broad SMARTS) is 1. The molecule has 3 N–H and O–H groups in total. The Balaban J connectivity index is 1.29. The lowest BCUT2D eigenvalue weighted by atomic mass is 9.50. The molecule has 0 radical (unpaired) electrons. The number of nitrogens with zero attached hydrogens (tertiary/aromatic N) is 1. The fraction of sp³-hybridized carbons (Fsp3) is 0.433. The van der Waals surface area contributed by atoms with Gasteiger partial charge in [-0.2, -0.15) is 0 Å². The van der Waals surface area contributed by atoms with Crippen molar-refractivity contribution in [3.8, 4) is 5.75 Å². The van der Waals surface area contributed by atoms with Crippen molar-refractivity contribution in [2.45, 2.75) is 68.6 Å². The Morgan fingerprint density at radius 2 is 1.82 bits per heavy atom. The van der Waals surface area contributed by atoms with Gasteiger partial charge in [-0.1, -0.05) is 36.4 Å². The molecule has 206 valence electrons. The standard InChI is InChI=1S/C30H33NO8/c1-18-22(32)9-8-20-16-23-30(37)13-12-21(17-29(30,26(18)20)14-15-31(23)2)38-24(33)10-11-25(34)39-27(28(35)36)19-6-4-3-5-7-19/h3-9,12,23,27,32,37H,10-11,13-17H2,1-2H3,(H,35,36)/t23-,27+,29-,30-/m1/s1. The van der Waals surface area contributed by atoms with Crippen LogP contribution in [0.2, 0.25) is 0 Å². The van der Waals surface area contributed by atoms with Crippen LogP contribution in [0.5, 0.6) is 5.75 Å². The van der Waals surface area contributed by atoms with Gasteiger partial charge in [-0.3, -0.25) is 9.59 Å². The van der Waals surface area contributed by atoms with Crippen LogP contribution in [0, 0.1) is 6.92 Å². The van der Waals surface area contributed by atoms with Crippen LogP contribution in [-0.4, -0.2) is 63.4 Å². The first-order valence-electron chi connectivity index (χ1n) is 13.2. The summed E-state index contributed by atoms with van der Waals surface area (Å²) in [5.41, 5.74) is 1.25. The molecule has 39 heavy (non-hydrogen) atoms. The van der Waals surface area contributed by atoms with Gasteiger partial charge in [0.05, 0.1) is 18.4 Å². The van der Waals surface area contributed by atoms with Crippen molar-refractivity contribution in [3.05, 3.63) is 76.6 Å². The summed E-state index contributed by atoms with van der Waals surface area (Å²) in [7, 11) is 2.01. The van der Waals surface area contributed by atoms with E-state index in [1.165, 1.54) is 0 Å². The summed E-state index contributed by atoms with van der Waals surface area (Å²) in [6.07, 6.45) is 1.54. The van der Waals surface area contributed by atoms with E-state index in [0.717, 1.165) is 23.2 Å². The lowest BCUT2D eigenvalue weighted by molar-refractivity contribution is -0.165. The normalized spacial score (nSPS) is 26.4. The summed E-state index contributed by atoms with van der Waals surface area (Å²) in [6, 6.07) is 11.6. The predicted octanol–water partition coefficient (Wildman–Crippen LogP) is 3.30. The highest BCUT2D eigenvalue weighted by atomic mass is 16.6. The molecule has 9 nitrogen and oxygen atoms in total. The van der Waals surface area contributed by atoms with E-state index >= 15 is 0 Å². The van der Waals surface area contributed by atoms with Crippen molar-refractivity contribution in [1.29, 1.82) is 0 Å². The largest absolute Gasteiger partial charge is 0.508 e. The van der Waals surface area contributed by atoms with Crippen LogP contribution >= 0.6 is 0 Å².